The van der Waals surface area contributed by atoms with Crippen LogP contribution in [0.3, 0.4) is 0 Å². The van der Waals surface area contributed by atoms with Crippen LogP contribution in [-0.2, 0) is 4.74 Å². The molecule has 1 unspecified atom stereocenters. The standard InChI is InChI=1S/C10H23NO3/c1-4-14-7-9(13)5-11-10(6-12)8(2)3/h8-13H,4-7H2,1-3H3/t9?,10-/m1/s1. The quantitative estimate of drug-likeness (QED) is 0.521. The Bertz CT molecular complexity index is 131. The molecule has 3 N–H and O–H groups in total. The number of hydrogen-bond donors (Lipinski definition) is 3. The molecular formula is C10H23NO3. The molecule has 0 saturated carbocycles. The lowest BCUT2D eigenvalue weighted by atomic mass is 10.1. The lowest BCUT2D eigenvalue weighted by Gasteiger charge is -2.21. The SMILES string of the molecule is CCOCC(O)CN[C@H](CO)C(C)C. The molecule has 0 spiro atoms. The molecule has 0 heterocycles. The number of rotatable bonds is 8. The Morgan fingerprint density at radius 2 is 2.00 bits per heavy atom. The number of hydrogen-bond acceptors (Lipinski definition) is 4. The Morgan fingerprint density at radius 3 is 2.43 bits per heavy atom. The lowest BCUT2D eigenvalue weighted by Crippen LogP contribution is -2.42. The number of ether oxygens (including phenoxy) is 1. The van der Waals surface area contributed by atoms with Crippen LogP contribution in [0.25, 0.3) is 0 Å². The van der Waals surface area contributed by atoms with E-state index in [1.165, 1.54) is 0 Å². The third-order valence-corrected chi connectivity index (χ3v) is 2.13. The third-order valence-electron chi connectivity index (χ3n) is 2.13. The summed E-state index contributed by atoms with van der Waals surface area (Å²) in [4.78, 5) is 0. The van der Waals surface area contributed by atoms with Gasteiger partial charge in [0.2, 0.25) is 0 Å². The van der Waals surface area contributed by atoms with E-state index in [-0.39, 0.29) is 12.6 Å². The van der Waals surface area contributed by atoms with Gasteiger partial charge in [-0.2, -0.15) is 0 Å². The van der Waals surface area contributed by atoms with Gasteiger partial charge in [-0.3, -0.25) is 0 Å². The molecule has 0 aromatic heterocycles. The Morgan fingerprint density at radius 1 is 1.36 bits per heavy atom. The number of aliphatic hydroxyl groups excluding tert-OH is 2. The minimum Gasteiger partial charge on any atom is -0.395 e. The van der Waals surface area contributed by atoms with Crippen LogP contribution in [0.1, 0.15) is 20.8 Å². The summed E-state index contributed by atoms with van der Waals surface area (Å²) in [6.07, 6.45) is -0.497. The zero-order valence-electron chi connectivity index (χ0n) is 9.36. The van der Waals surface area contributed by atoms with E-state index in [0.29, 0.717) is 25.7 Å². The van der Waals surface area contributed by atoms with Gasteiger partial charge in [-0.1, -0.05) is 13.8 Å². The van der Waals surface area contributed by atoms with Gasteiger partial charge in [0.05, 0.1) is 19.3 Å². The van der Waals surface area contributed by atoms with Crippen molar-refractivity contribution in [2.24, 2.45) is 5.92 Å². The van der Waals surface area contributed by atoms with Gasteiger partial charge >= 0.3 is 0 Å². The predicted octanol–water partition coefficient (Wildman–Crippen LogP) is -0.00970. The average Bonchev–Trinajstić information content (AvgIpc) is 2.15. The predicted molar refractivity (Wildman–Crippen MR) is 56.2 cm³/mol. The summed E-state index contributed by atoms with van der Waals surface area (Å²) >= 11 is 0. The van der Waals surface area contributed by atoms with Gasteiger partial charge in [-0.25, -0.2) is 0 Å². The second-order valence-electron chi connectivity index (χ2n) is 3.75. The largest absolute Gasteiger partial charge is 0.395 e. The molecule has 0 aliphatic carbocycles. The van der Waals surface area contributed by atoms with Gasteiger partial charge in [0.1, 0.15) is 0 Å². The van der Waals surface area contributed by atoms with Crippen molar-refractivity contribution in [2.45, 2.75) is 32.9 Å². The highest BCUT2D eigenvalue weighted by molar-refractivity contribution is 4.71. The minimum atomic E-state index is -0.497. The first-order valence-electron chi connectivity index (χ1n) is 5.21. The molecule has 4 heteroatoms. The fourth-order valence-electron chi connectivity index (χ4n) is 1.11. The molecule has 0 aliphatic rings. The Balaban J connectivity index is 3.57. The monoisotopic (exact) mass is 205 g/mol. The van der Waals surface area contributed by atoms with E-state index in [4.69, 9.17) is 9.84 Å². The second kappa shape index (κ2) is 8.17. The van der Waals surface area contributed by atoms with Crippen LogP contribution >= 0.6 is 0 Å². The van der Waals surface area contributed by atoms with Crippen molar-refractivity contribution in [1.82, 2.24) is 5.32 Å². The summed E-state index contributed by atoms with van der Waals surface area (Å²) < 4.78 is 5.07. The van der Waals surface area contributed by atoms with Gasteiger partial charge in [0, 0.05) is 19.2 Å². The van der Waals surface area contributed by atoms with E-state index in [2.05, 4.69) is 5.32 Å². The van der Waals surface area contributed by atoms with Crippen LogP contribution in [0, 0.1) is 5.92 Å². The van der Waals surface area contributed by atoms with E-state index in [1.807, 2.05) is 20.8 Å². The maximum atomic E-state index is 9.44. The first kappa shape index (κ1) is 13.8. The molecule has 2 atom stereocenters. The fraction of sp³-hybridized carbons (Fsp3) is 1.00. The topological polar surface area (TPSA) is 61.7 Å². The Labute approximate surface area is 86.3 Å². The summed E-state index contributed by atoms with van der Waals surface area (Å²) in [5.74, 6) is 0.360. The summed E-state index contributed by atoms with van der Waals surface area (Å²) in [7, 11) is 0. The molecule has 0 aromatic carbocycles. The highest BCUT2D eigenvalue weighted by atomic mass is 16.5. The molecule has 0 aliphatic heterocycles. The summed E-state index contributed by atoms with van der Waals surface area (Å²) in [6, 6.07) is 0.0475. The van der Waals surface area contributed by atoms with E-state index >= 15 is 0 Å². The van der Waals surface area contributed by atoms with Crippen LogP contribution in [0.15, 0.2) is 0 Å². The van der Waals surface area contributed by atoms with E-state index in [9.17, 15) is 5.11 Å². The molecule has 14 heavy (non-hydrogen) atoms. The summed E-state index contributed by atoms with van der Waals surface area (Å²) in [6.45, 7) is 7.48. The van der Waals surface area contributed by atoms with Crippen LogP contribution in [0.4, 0.5) is 0 Å². The van der Waals surface area contributed by atoms with Gasteiger partial charge in [-0.05, 0) is 12.8 Å². The molecule has 0 bridgehead atoms. The molecule has 86 valence electrons. The zero-order chi connectivity index (χ0) is 11.0. The van der Waals surface area contributed by atoms with E-state index < -0.39 is 6.10 Å². The molecule has 0 radical (unpaired) electrons. The van der Waals surface area contributed by atoms with Gasteiger partial charge < -0.3 is 20.3 Å². The van der Waals surface area contributed by atoms with Gasteiger partial charge in [0.25, 0.3) is 0 Å². The van der Waals surface area contributed by atoms with Gasteiger partial charge in [-0.15, -0.1) is 0 Å². The molecular weight excluding hydrogens is 182 g/mol. The van der Waals surface area contributed by atoms with Crippen molar-refractivity contribution in [2.75, 3.05) is 26.4 Å². The van der Waals surface area contributed by atoms with E-state index in [0.717, 1.165) is 0 Å². The smallest absolute Gasteiger partial charge is 0.0897 e. The minimum absolute atomic E-state index is 0.0475. The summed E-state index contributed by atoms with van der Waals surface area (Å²) in [5.41, 5.74) is 0. The lowest BCUT2D eigenvalue weighted by molar-refractivity contribution is 0.0388. The van der Waals surface area contributed by atoms with Crippen molar-refractivity contribution in [3.8, 4) is 0 Å². The molecule has 0 fully saturated rings. The second-order valence-corrected chi connectivity index (χ2v) is 3.75. The first-order chi connectivity index (χ1) is 6.61. The maximum Gasteiger partial charge on any atom is 0.0897 e. The number of nitrogens with one attached hydrogen (secondary N) is 1. The molecule has 4 nitrogen and oxygen atoms in total. The van der Waals surface area contributed by atoms with Crippen molar-refractivity contribution in [3.63, 3.8) is 0 Å². The normalized spacial score (nSPS) is 15.9. The summed E-state index contributed by atoms with van der Waals surface area (Å²) in [5, 5.41) is 21.5. The maximum absolute atomic E-state index is 9.44. The average molecular weight is 205 g/mol. The van der Waals surface area contributed by atoms with Crippen LogP contribution in [0.2, 0.25) is 0 Å². The molecule has 0 saturated heterocycles. The zero-order valence-corrected chi connectivity index (χ0v) is 9.36. The van der Waals surface area contributed by atoms with Crippen LogP contribution in [0.5, 0.6) is 0 Å². The van der Waals surface area contributed by atoms with Crippen molar-refractivity contribution in [1.29, 1.82) is 0 Å². The highest BCUT2D eigenvalue weighted by Crippen LogP contribution is 2.00. The Hall–Kier alpha value is -0.160. The van der Waals surface area contributed by atoms with Crippen molar-refractivity contribution >= 4 is 0 Å². The van der Waals surface area contributed by atoms with Crippen molar-refractivity contribution < 1.29 is 14.9 Å². The first-order valence-corrected chi connectivity index (χ1v) is 5.21. The third kappa shape index (κ3) is 6.32. The highest BCUT2D eigenvalue weighted by Gasteiger charge is 2.13. The molecule has 0 amide bonds. The van der Waals surface area contributed by atoms with Crippen LogP contribution in [-0.4, -0.2) is 48.7 Å². The van der Waals surface area contributed by atoms with Crippen molar-refractivity contribution in [3.05, 3.63) is 0 Å². The van der Waals surface area contributed by atoms with E-state index in [1.54, 1.807) is 0 Å². The molecule has 0 rings (SSSR count). The fourth-order valence-corrected chi connectivity index (χ4v) is 1.11. The van der Waals surface area contributed by atoms with Crippen LogP contribution < -0.4 is 5.32 Å². The van der Waals surface area contributed by atoms with Gasteiger partial charge in [0.15, 0.2) is 0 Å². The Kier molecular flexibility index (Phi) is 8.08. The number of aliphatic hydroxyl groups is 2. The molecule has 0 aromatic rings.